The van der Waals surface area contributed by atoms with Crippen molar-refractivity contribution in [3.8, 4) is 0 Å². The first-order chi connectivity index (χ1) is 7.06. The van der Waals surface area contributed by atoms with E-state index >= 15 is 0 Å². The number of hydrogen-bond acceptors (Lipinski definition) is 2. The van der Waals surface area contributed by atoms with Gasteiger partial charge >= 0.3 is 0 Å². The molecule has 2 heteroatoms. The van der Waals surface area contributed by atoms with Crippen molar-refractivity contribution in [2.24, 2.45) is 11.1 Å². The molecule has 2 aliphatic rings. The Kier molecular flexibility index (Phi) is 3.09. The normalized spacial score (nSPS) is 35.8. The van der Waals surface area contributed by atoms with E-state index in [9.17, 15) is 0 Å². The Bertz CT molecular complexity index is 219. The Labute approximate surface area is 94.2 Å². The lowest BCUT2D eigenvalue weighted by Gasteiger charge is -2.46. The first kappa shape index (κ1) is 11.4. The molecule has 2 fully saturated rings. The highest BCUT2D eigenvalue weighted by Gasteiger charge is 2.42. The van der Waals surface area contributed by atoms with Gasteiger partial charge in [0.25, 0.3) is 0 Å². The predicted octanol–water partition coefficient (Wildman–Crippen LogP) is 2.38. The maximum absolute atomic E-state index is 6.46. The molecular weight excluding hydrogens is 184 g/mol. The molecule has 0 aromatic carbocycles. The third-order valence-electron chi connectivity index (χ3n) is 4.44. The molecule has 0 spiro atoms. The van der Waals surface area contributed by atoms with E-state index in [-0.39, 0.29) is 0 Å². The van der Waals surface area contributed by atoms with E-state index in [0.717, 1.165) is 6.04 Å². The Morgan fingerprint density at radius 3 is 2.47 bits per heavy atom. The molecule has 2 N–H and O–H groups in total. The van der Waals surface area contributed by atoms with E-state index in [1.165, 1.54) is 38.6 Å². The minimum atomic E-state index is 0.339. The zero-order valence-electron chi connectivity index (χ0n) is 10.5. The van der Waals surface area contributed by atoms with Gasteiger partial charge in [-0.1, -0.05) is 27.2 Å². The number of nitrogens with zero attached hydrogens (tertiary/aromatic N) is 1. The van der Waals surface area contributed by atoms with Crippen molar-refractivity contribution in [3.05, 3.63) is 0 Å². The first-order valence-electron chi connectivity index (χ1n) is 6.57. The second-order valence-electron chi connectivity index (χ2n) is 6.04. The maximum atomic E-state index is 6.46. The fourth-order valence-corrected chi connectivity index (χ4v) is 3.18. The first-order valence-corrected chi connectivity index (χ1v) is 6.57. The largest absolute Gasteiger partial charge is 0.326 e. The van der Waals surface area contributed by atoms with Crippen molar-refractivity contribution < 1.29 is 0 Å². The Morgan fingerprint density at radius 1 is 1.27 bits per heavy atom. The number of hydrogen-bond donors (Lipinski definition) is 1. The molecule has 0 bridgehead atoms. The SMILES string of the molecule is CCN(C1CC1)C1CCCC(C)(C)C1N. The molecule has 2 nitrogen and oxygen atoms in total. The fourth-order valence-electron chi connectivity index (χ4n) is 3.18. The van der Waals surface area contributed by atoms with Crippen LogP contribution in [0.25, 0.3) is 0 Å². The van der Waals surface area contributed by atoms with Crippen LogP contribution in [0.4, 0.5) is 0 Å². The summed E-state index contributed by atoms with van der Waals surface area (Å²) in [4.78, 5) is 2.67. The summed E-state index contributed by atoms with van der Waals surface area (Å²) < 4.78 is 0. The van der Waals surface area contributed by atoms with Crippen molar-refractivity contribution in [1.82, 2.24) is 4.90 Å². The number of rotatable bonds is 3. The third kappa shape index (κ3) is 2.21. The second-order valence-corrected chi connectivity index (χ2v) is 6.04. The second kappa shape index (κ2) is 4.06. The van der Waals surface area contributed by atoms with E-state index < -0.39 is 0 Å². The molecule has 2 atom stereocenters. The maximum Gasteiger partial charge on any atom is 0.0255 e. The van der Waals surface area contributed by atoms with Crippen LogP contribution < -0.4 is 5.73 Å². The quantitative estimate of drug-likeness (QED) is 0.775. The topological polar surface area (TPSA) is 29.3 Å². The van der Waals surface area contributed by atoms with Gasteiger partial charge in [-0.15, -0.1) is 0 Å². The molecule has 2 saturated carbocycles. The van der Waals surface area contributed by atoms with Gasteiger partial charge in [-0.25, -0.2) is 0 Å². The average molecular weight is 210 g/mol. The van der Waals surface area contributed by atoms with Crippen LogP contribution in [0.2, 0.25) is 0 Å². The van der Waals surface area contributed by atoms with Crippen molar-refractivity contribution in [1.29, 1.82) is 0 Å². The number of likely N-dealkylation sites (N-methyl/N-ethyl adjacent to an activating group) is 1. The van der Waals surface area contributed by atoms with Crippen LogP contribution in [0.5, 0.6) is 0 Å². The summed E-state index contributed by atoms with van der Waals surface area (Å²) in [5.41, 5.74) is 6.80. The molecule has 88 valence electrons. The molecule has 0 heterocycles. The number of nitrogens with two attached hydrogens (primary N) is 1. The molecule has 0 aromatic heterocycles. The van der Waals surface area contributed by atoms with E-state index in [0.29, 0.717) is 17.5 Å². The van der Waals surface area contributed by atoms with Gasteiger partial charge in [0.15, 0.2) is 0 Å². The van der Waals surface area contributed by atoms with E-state index in [4.69, 9.17) is 5.73 Å². The zero-order chi connectivity index (χ0) is 11.1. The third-order valence-corrected chi connectivity index (χ3v) is 4.44. The molecule has 0 aromatic rings. The minimum Gasteiger partial charge on any atom is -0.326 e. The molecule has 2 unspecified atom stereocenters. The summed E-state index contributed by atoms with van der Waals surface area (Å²) in [7, 11) is 0. The highest BCUT2D eigenvalue weighted by atomic mass is 15.2. The fraction of sp³-hybridized carbons (Fsp3) is 1.00. The van der Waals surface area contributed by atoms with Gasteiger partial charge in [0.1, 0.15) is 0 Å². The molecule has 0 radical (unpaired) electrons. The van der Waals surface area contributed by atoms with Gasteiger partial charge in [0.2, 0.25) is 0 Å². The Morgan fingerprint density at radius 2 is 1.93 bits per heavy atom. The van der Waals surface area contributed by atoms with Crippen LogP contribution in [0.1, 0.15) is 52.9 Å². The standard InChI is InChI=1S/C13H26N2/c1-4-15(10-7-8-10)11-6-5-9-13(2,3)12(11)14/h10-12H,4-9,14H2,1-3H3. The Balaban J connectivity index is 2.06. The van der Waals surface area contributed by atoms with Crippen LogP contribution in [0, 0.1) is 5.41 Å². The summed E-state index contributed by atoms with van der Waals surface area (Å²) in [6.07, 6.45) is 6.77. The van der Waals surface area contributed by atoms with Crippen LogP contribution in [-0.2, 0) is 0 Å². The lowest BCUT2D eigenvalue weighted by Crippen LogP contribution is -2.57. The van der Waals surface area contributed by atoms with Gasteiger partial charge in [-0.2, -0.15) is 0 Å². The van der Waals surface area contributed by atoms with Gasteiger partial charge < -0.3 is 5.73 Å². The van der Waals surface area contributed by atoms with Crippen molar-refractivity contribution in [2.75, 3.05) is 6.54 Å². The summed E-state index contributed by atoms with van der Waals surface area (Å²) in [5.74, 6) is 0. The molecule has 0 saturated heterocycles. The molecule has 2 rings (SSSR count). The molecule has 0 amide bonds. The highest BCUT2D eigenvalue weighted by Crippen LogP contribution is 2.39. The van der Waals surface area contributed by atoms with Gasteiger partial charge in [0.05, 0.1) is 0 Å². The summed E-state index contributed by atoms with van der Waals surface area (Å²) in [6.45, 7) is 8.14. The van der Waals surface area contributed by atoms with Gasteiger partial charge in [0, 0.05) is 18.1 Å². The van der Waals surface area contributed by atoms with Crippen molar-refractivity contribution in [2.45, 2.75) is 71.0 Å². The average Bonchev–Trinajstić information content (AvgIpc) is 2.97. The monoisotopic (exact) mass is 210 g/mol. The molecular formula is C13H26N2. The minimum absolute atomic E-state index is 0.339. The van der Waals surface area contributed by atoms with Gasteiger partial charge in [-0.3, -0.25) is 4.90 Å². The molecule has 15 heavy (non-hydrogen) atoms. The van der Waals surface area contributed by atoms with Crippen molar-refractivity contribution >= 4 is 0 Å². The van der Waals surface area contributed by atoms with Crippen LogP contribution >= 0.6 is 0 Å². The van der Waals surface area contributed by atoms with E-state index in [2.05, 4.69) is 25.7 Å². The molecule has 0 aliphatic heterocycles. The zero-order valence-corrected chi connectivity index (χ0v) is 10.5. The van der Waals surface area contributed by atoms with Crippen molar-refractivity contribution in [3.63, 3.8) is 0 Å². The lowest BCUT2D eigenvalue weighted by molar-refractivity contribution is 0.0661. The van der Waals surface area contributed by atoms with Crippen LogP contribution in [-0.4, -0.2) is 29.6 Å². The lowest BCUT2D eigenvalue weighted by atomic mass is 9.70. The highest BCUT2D eigenvalue weighted by molar-refractivity contribution is 4.99. The summed E-state index contributed by atoms with van der Waals surface area (Å²) in [6, 6.07) is 1.87. The van der Waals surface area contributed by atoms with E-state index in [1.54, 1.807) is 0 Å². The summed E-state index contributed by atoms with van der Waals surface area (Å²) in [5, 5.41) is 0. The Hall–Kier alpha value is -0.0800. The summed E-state index contributed by atoms with van der Waals surface area (Å²) >= 11 is 0. The predicted molar refractivity (Wildman–Crippen MR) is 64.8 cm³/mol. The smallest absolute Gasteiger partial charge is 0.0255 e. The molecule has 2 aliphatic carbocycles. The van der Waals surface area contributed by atoms with E-state index in [1.807, 2.05) is 0 Å². The van der Waals surface area contributed by atoms with Gasteiger partial charge in [-0.05, 0) is 37.6 Å². The van der Waals surface area contributed by atoms with Crippen LogP contribution in [0.3, 0.4) is 0 Å². The van der Waals surface area contributed by atoms with Crippen LogP contribution in [0.15, 0.2) is 0 Å².